The first-order valence-electron chi connectivity index (χ1n) is 6.24. The second-order valence-corrected chi connectivity index (χ2v) is 3.93. The van der Waals surface area contributed by atoms with Crippen LogP contribution in [0, 0.1) is 0 Å². The first-order chi connectivity index (χ1) is 8.31. The third kappa shape index (κ3) is 4.61. The third-order valence-corrected chi connectivity index (χ3v) is 2.62. The molecule has 0 atom stereocenters. The van der Waals surface area contributed by atoms with Gasteiger partial charge >= 0.3 is 0 Å². The predicted molar refractivity (Wildman–Crippen MR) is 72.8 cm³/mol. The summed E-state index contributed by atoms with van der Waals surface area (Å²) in [6.45, 7) is 7.87. The highest BCUT2D eigenvalue weighted by Gasteiger charge is 2.05. The van der Waals surface area contributed by atoms with E-state index in [0.29, 0.717) is 0 Å². The molecule has 0 amide bonds. The lowest BCUT2D eigenvalue weighted by molar-refractivity contribution is 0.205. The summed E-state index contributed by atoms with van der Waals surface area (Å²) in [4.78, 5) is 6.53. The Morgan fingerprint density at radius 1 is 1.35 bits per heavy atom. The van der Waals surface area contributed by atoms with Crippen LogP contribution in [-0.2, 0) is 4.74 Å². The van der Waals surface area contributed by atoms with Crippen molar-refractivity contribution >= 4 is 11.4 Å². The Morgan fingerprint density at radius 3 is 2.82 bits per heavy atom. The third-order valence-electron chi connectivity index (χ3n) is 2.62. The lowest BCUT2D eigenvalue weighted by atomic mass is 10.3. The van der Waals surface area contributed by atoms with Gasteiger partial charge in [-0.25, -0.2) is 0 Å². The van der Waals surface area contributed by atoms with Crippen LogP contribution in [0.4, 0.5) is 11.4 Å². The average molecular weight is 237 g/mol. The number of methoxy groups -OCH3 is 1. The second kappa shape index (κ2) is 7.90. The molecule has 0 aliphatic heterocycles. The molecule has 0 saturated heterocycles. The number of anilines is 2. The fourth-order valence-corrected chi connectivity index (χ4v) is 1.64. The molecule has 0 aromatic carbocycles. The van der Waals surface area contributed by atoms with Crippen LogP contribution in [0.15, 0.2) is 18.5 Å². The van der Waals surface area contributed by atoms with Gasteiger partial charge in [0.25, 0.3) is 0 Å². The van der Waals surface area contributed by atoms with Gasteiger partial charge in [-0.2, -0.15) is 0 Å². The van der Waals surface area contributed by atoms with Gasteiger partial charge in [-0.15, -0.1) is 0 Å². The summed E-state index contributed by atoms with van der Waals surface area (Å²) in [5.74, 6) is 0. The van der Waals surface area contributed by atoms with Crippen molar-refractivity contribution in [2.75, 3.05) is 43.6 Å². The lowest BCUT2D eigenvalue weighted by Crippen LogP contribution is -2.26. The van der Waals surface area contributed by atoms with Crippen LogP contribution in [0.25, 0.3) is 0 Å². The molecule has 0 aliphatic carbocycles. The molecular weight excluding hydrogens is 214 g/mol. The van der Waals surface area contributed by atoms with E-state index in [1.165, 1.54) is 0 Å². The molecule has 0 radical (unpaired) electrons. The Balaban J connectivity index is 2.66. The van der Waals surface area contributed by atoms with E-state index in [2.05, 4.69) is 35.1 Å². The van der Waals surface area contributed by atoms with E-state index in [1.54, 1.807) is 7.11 Å². The minimum atomic E-state index is 0.737. The van der Waals surface area contributed by atoms with Gasteiger partial charge in [0.1, 0.15) is 0 Å². The van der Waals surface area contributed by atoms with Gasteiger partial charge in [-0.1, -0.05) is 6.92 Å². The van der Waals surface area contributed by atoms with Crippen LogP contribution >= 0.6 is 0 Å². The maximum Gasteiger partial charge on any atom is 0.0637 e. The van der Waals surface area contributed by atoms with Crippen LogP contribution < -0.4 is 10.2 Å². The number of hydrogen-bond donors (Lipinski definition) is 1. The van der Waals surface area contributed by atoms with E-state index >= 15 is 0 Å². The van der Waals surface area contributed by atoms with E-state index < -0.39 is 0 Å². The molecule has 0 spiro atoms. The van der Waals surface area contributed by atoms with Crippen molar-refractivity contribution in [1.82, 2.24) is 4.98 Å². The van der Waals surface area contributed by atoms with Gasteiger partial charge < -0.3 is 15.0 Å². The molecule has 4 heteroatoms. The molecule has 0 aliphatic rings. The van der Waals surface area contributed by atoms with Crippen LogP contribution in [0.5, 0.6) is 0 Å². The van der Waals surface area contributed by atoms with Crippen molar-refractivity contribution in [3.05, 3.63) is 18.5 Å². The van der Waals surface area contributed by atoms with Gasteiger partial charge in [0.05, 0.1) is 30.4 Å². The number of aromatic nitrogens is 1. The zero-order valence-corrected chi connectivity index (χ0v) is 11.1. The Morgan fingerprint density at radius 2 is 2.18 bits per heavy atom. The molecule has 17 heavy (non-hydrogen) atoms. The molecule has 1 aromatic rings. The Labute approximate surface area is 104 Å². The summed E-state index contributed by atoms with van der Waals surface area (Å²) in [7, 11) is 1.73. The van der Waals surface area contributed by atoms with Crippen molar-refractivity contribution in [3.8, 4) is 0 Å². The van der Waals surface area contributed by atoms with Gasteiger partial charge in [0.15, 0.2) is 0 Å². The fraction of sp³-hybridized carbons (Fsp3) is 0.615. The second-order valence-electron chi connectivity index (χ2n) is 3.93. The summed E-state index contributed by atoms with van der Waals surface area (Å²) >= 11 is 0. The summed E-state index contributed by atoms with van der Waals surface area (Å²) in [5.41, 5.74) is 2.23. The molecule has 0 saturated carbocycles. The highest BCUT2D eigenvalue weighted by atomic mass is 16.5. The SMILES string of the molecule is CCCNc1cncc(N(CC)CCOC)c1. The number of likely N-dealkylation sites (N-methyl/N-ethyl adjacent to an activating group) is 1. The number of rotatable bonds is 8. The predicted octanol–water partition coefficient (Wildman–Crippen LogP) is 2.38. The van der Waals surface area contributed by atoms with E-state index in [9.17, 15) is 0 Å². The molecular formula is C13H23N3O. The van der Waals surface area contributed by atoms with Crippen LogP contribution in [0.2, 0.25) is 0 Å². The minimum Gasteiger partial charge on any atom is -0.384 e. The van der Waals surface area contributed by atoms with Crippen molar-refractivity contribution in [2.24, 2.45) is 0 Å². The fourth-order valence-electron chi connectivity index (χ4n) is 1.64. The molecule has 1 heterocycles. The lowest BCUT2D eigenvalue weighted by Gasteiger charge is -2.22. The monoisotopic (exact) mass is 237 g/mol. The molecule has 0 bridgehead atoms. The zero-order chi connectivity index (χ0) is 12.5. The van der Waals surface area contributed by atoms with Gasteiger partial charge in [0, 0.05) is 26.7 Å². The van der Waals surface area contributed by atoms with Crippen LogP contribution in [0.1, 0.15) is 20.3 Å². The number of pyridine rings is 1. The number of hydrogen-bond acceptors (Lipinski definition) is 4. The first-order valence-corrected chi connectivity index (χ1v) is 6.24. The van der Waals surface area contributed by atoms with Gasteiger partial charge in [-0.05, 0) is 19.4 Å². The van der Waals surface area contributed by atoms with Crippen LogP contribution in [0.3, 0.4) is 0 Å². The Hall–Kier alpha value is -1.29. The quantitative estimate of drug-likeness (QED) is 0.753. The number of nitrogens with zero attached hydrogens (tertiary/aromatic N) is 2. The summed E-state index contributed by atoms with van der Waals surface area (Å²) in [6.07, 6.45) is 4.88. The van der Waals surface area contributed by atoms with Crippen molar-refractivity contribution < 1.29 is 4.74 Å². The Bertz CT molecular complexity index is 317. The van der Waals surface area contributed by atoms with E-state index in [-0.39, 0.29) is 0 Å². The molecule has 1 aromatic heterocycles. The molecule has 96 valence electrons. The maximum atomic E-state index is 5.11. The van der Waals surface area contributed by atoms with E-state index in [0.717, 1.165) is 44.0 Å². The smallest absolute Gasteiger partial charge is 0.0637 e. The van der Waals surface area contributed by atoms with Crippen molar-refractivity contribution in [1.29, 1.82) is 0 Å². The molecule has 1 rings (SSSR count). The zero-order valence-electron chi connectivity index (χ0n) is 11.1. The van der Waals surface area contributed by atoms with Crippen LogP contribution in [-0.4, -0.2) is 38.3 Å². The summed E-state index contributed by atoms with van der Waals surface area (Å²) < 4.78 is 5.11. The Kier molecular flexibility index (Phi) is 6.40. The van der Waals surface area contributed by atoms with Gasteiger partial charge in [-0.3, -0.25) is 4.98 Å². The maximum absolute atomic E-state index is 5.11. The minimum absolute atomic E-state index is 0.737. The van der Waals surface area contributed by atoms with Crippen molar-refractivity contribution in [2.45, 2.75) is 20.3 Å². The molecule has 1 N–H and O–H groups in total. The standard InChI is InChI=1S/C13H23N3O/c1-4-6-15-12-9-13(11-14-10-12)16(5-2)7-8-17-3/h9-11,15H,4-8H2,1-3H3. The molecule has 4 nitrogen and oxygen atoms in total. The highest BCUT2D eigenvalue weighted by molar-refractivity contribution is 5.55. The largest absolute Gasteiger partial charge is 0.384 e. The van der Waals surface area contributed by atoms with E-state index in [4.69, 9.17) is 4.74 Å². The summed E-state index contributed by atoms with van der Waals surface area (Å²) in [5, 5.41) is 3.35. The van der Waals surface area contributed by atoms with Gasteiger partial charge in [0.2, 0.25) is 0 Å². The molecule has 0 unspecified atom stereocenters. The number of ether oxygens (including phenoxy) is 1. The van der Waals surface area contributed by atoms with Crippen molar-refractivity contribution in [3.63, 3.8) is 0 Å². The topological polar surface area (TPSA) is 37.4 Å². The normalized spacial score (nSPS) is 10.3. The molecule has 0 fully saturated rings. The first kappa shape index (κ1) is 13.8. The summed E-state index contributed by atoms with van der Waals surface area (Å²) in [6, 6.07) is 2.14. The average Bonchev–Trinajstić information content (AvgIpc) is 2.38. The highest BCUT2D eigenvalue weighted by Crippen LogP contribution is 2.17. The number of nitrogens with one attached hydrogen (secondary N) is 1. The van der Waals surface area contributed by atoms with E-state index in [1.807, 2.05) is 12.4 Å².